The van der Waals surface area contributed by atoms with Gasteiger partial charge in [0.25, 0.3) is 5.91 Å². The lowest BCUT2D eigenvalue weighted by molar-refractivity contribution is -0.128. The molecule has 0 heterocycles. The Balaban J connectivity index is 2.39. The van der Waals surface area contributed by atoms with E-state index in [4.69, 9.17) is 10.3 Å². The van der Waals surface area contributed by atoms with Crippen LogP contribution in [0.3, 0.4) is 0 Å². The first-order valence-corrected chi connectivity index (χ1v) is 5.63. The van der Waals surface area contributed by atoms with Crippen molar-refractivity contribution in [3.8, 4) is 17.2 Å². The summed E-state index contributed by atoms with van der Waals surface area (Å²) in [7, 11) is 0. The number of phenolic OH excluding ortho intramolecular Hbond substituents is 3. The minimum Gasteiger partial charge on any atom is -0.504 e. The van der Waals surface area contributed by atoms with Gasteiger partial charge in [0.15, 0.2) is 11.5 Å². The van der Waals surface area contributed by atoms with Gasteiger partial charge < -0.3 is 26.0 Å². The molecule has 0 aliphatic carbocycles. The molecular formula is C11H15N3O6. The number of urea groups is 1. The first-order chi connectivity index (χ1) is 9.45. The molecule has 3 amide bonds. The Morgan fingerprint density at radius 3 is 2.40 bits per heavy atom. The molecule has 0 saturated heterocycles. The van der Waals surface area contributed by atoms with E-state index >= 15 is 0 Å². The highest BCUT2D eigenvalue weighted by atomic mass is 16.5. The molecule has 1 rings (SSSR count). The van der Waals surface area contributed by atoms with Crippen molar-refractivity contribution in [2.75, 3.05) is 13.1 Å². The van der Waals surface area contributed by atoms with Crippen LogP contribution < -0.4 is 16.1 Å². The Labute approximate surface area is 113 Å². The van der Waals surface area contributed by atoms with Crippen LogP contribution in [-0.2, 0) is 11.2 Å². The van der Waals surface area contributed by atoms with E-state index < -0.39 is 29.2 Å². The number of phenols is 3. The van der Waals surface area contributed by atoms with E-state index in [1.165, 1.54) is 17.6 Å². The summed E-state index contributed by atoms with van der Waals surface area (Å²) >= 11 is 0. The molecule has 0 fully saturated rings. The Hall–Kier alpha value is -2.68. The number of carbonyl (C=O) groups excluding carboxylic acids is 2. The van der Waals surface area contributed by atoms with Crippen molar-refractivity contribution < 1.29 is 30.1 Å². The fourth-order valence-electron chi connectivity index (χ4n) is 1.39. The second kappa shape index (κ2) is 7.04. The van der Waals surface area contributed by atoms with Gasteiger partial charge in [-0.1, -0.05) is 6.07 Å². The van der Waals surface area contributed by atoms with Gasteiger partial charge in [0.2, 0.25) is 5.75 Å². The smallest absolute Gasteiger partial charge is 0.315 e. The first kappa shape index (κ1) is 15.4. The van der Waals surface area contributed by atoms with E-state index in [1.54, 1.807) is 0 Å². The molecule has 0 aliphatic rings. The van der Waals surface area contributed by atoms with Crippen LogP contribution in [0.2, 0.25) is 0 Å². The third-order valence-electron chi connectivity index (χ3n) is 2.43. The van der Waals surface area contributed by atoms with Crippen molar-refractivity contribution in [1.29, 1.82) is 0 Å². The third kappa shape index (κ3) is 4.21. The van der Waals surface area contributed by atoms with Gasteiger partial charge in [-0.25, -0.2) is 10.3 Å². The molecule has 7 N–H and O–H groups in total. The van der Waals surface area contributed by atoms with Gasteiger partial charge in [0, 0.05) is 6.54 Å². The number of hydrogen-bond acceptors (Lipinski definition) is 6. The number of hydrogen-bond donors (Lipinski definition) is 7. The van der Waals surface area contributed by atoms with E-state index in [0.29, 0.717) is 5.56 Å². The summed E-state index contributed by atoms with van der Waals surface area (Å²) in [5.74, 6) is -2.27. The summed E-state index contributed by atoms with van der Waals surface area (Å²) in [6.07, 6.45) is 0.208. The number of rotatable bonds is 5. The summed E-state index contributed by atoms with van der Waals surface area (Å²) in [5.41, 5.74) is 1.70. The topological polar surface area (TPSA) is 151 Å². The Morgan fingerprint density at radius 2 is 1.75 bits per heavy atom. The molecule has 0 saturated carbocycles. The maximum absolute atomic E-state index is 11.2. The highest BCUT2D eigenvalue weighted by molar-refractivity contribution is 5.83. The number of amides is 3. The van der Waals surface area contributed by atoms with Crippen LogP contribution in [0.25, 0.3) is 0 Å². The molecular weight excluding hydrogens is 270 g/mol. The molecule has 1 aromatic rings. The standard InChI is InChI=1S/C11H15N3O6/c15-7-2-1-6(9(17)10(7)18)3-4-12-11(19)13-5-8(16)14-20/h1-2,15,17-18,20H,3-5H2,(H,14,16)(H2,12,13,19). The summed E-state index contributed by atoms with van der Waals surface area (Å²) in [6, 6.07) is 2.00. The molecule has 20 heavy (non-hydrogen) atoms. The zero-order valence-corrected chi connectivity index (χ0v) is 10.4. The van der Waals surface area contributed by atoms with Gasteiger partial charge in [0.05, 0.1) is 0 Å². The maximum Gasteiger partial charge on any atom is 0.315 e. The van der Waals surface area contributed by atoms with Crippen LogP contribution in [0.4, 0.5) is 4.79 Å². The van der Waals surface area contributed by atoms with E-state index in [9.17, 15) is 19.8 Å². The predicted molar refractivity (Wildman–Crippen MR) is 66.5 cm³/mol. The summed E-state index contributed by atoms with van der Waals surface area (Å²) < 4.78 is 0. The molecule has 9 nitrogen and oxygen atoms in total. The lowest BCUT2D eigenvalue weighted by Crippen LogP contribution is -2.41. The second-order valence-electron chi connectivity index (χ2n) is 3.84. The number of carbonyl (C=O) groups is 2. The lowest BCUT2D eigenvalue weighted by Gasteiger charge is -2.09. The van der Waals surface area contributed by atoms with Gasteiger partial charge >= 0.3 is 6.03 Å². The Kier molecular flexibility index (Phi) is 5.42. The quantitative estimate of drug-likeness (QED) is 0.213. The predicted octanol–water partition coefficient (Wildman–Crippen LogP) is -0.850. The fraction of sp³-hybridized carbons (Fsp3) is 0.273. The van der Waals surface area contributed by atoms with Crippen molar-refractivity contribution in [3.05, 3.63) is 17.7 Å². The average Bonchev–Trinajstić information content (AvgIpc) is 2.44. The average molecular weight is 285 g/mol. The zero-order chi connectivity index (χ0) is 15.1. The molecule has 0 aliphatic heterocycles. The lowest BCUT2D eigenvalue weighted by atomic mass is 10.1. The molecule has 0 radical (unpaired) electrons. The summed E-state index contributed by atoms with van der Waals surface area (Å²) in [5, 5.41) is 40.8. The minimum atomic E-state index is -0.763. The van der Waals surface area contributed by atoms with Gasteiger partial charge in [-0.3, -0.25) is 10.0 Å². The zero-order valence-electron chi connectivity index (χ0n) is 10.4. The fourth-order valence-corrected chi connectivity index (χ4v) is 1.39. The largest absolute Gasteiger partial charge is 0.504 e. The summed E-state index contributed by atoms with van der Waals surface area (Å²) in [6.45, 7) is -0.252. The number of benzene rings is 1. The van der Waals surface area contributed by atoms with Gasteiger partial charge in [-0.05, 0) is 18.1 Å². The number of hydroxylamine groups is 1. The van der Waals surface area contributed by atoms with E-state index in [-0.39, 0.29) is 19.5 Å². The van der Waals surface area contributed by atoms with E-state index in [2.05, 4.69) is 10.6 Å². The monoisotopic (exact) mass is 285 g/mol. The number of aromatic hydroxyl groups is 3. The van der Waals surface area contributed by atoms with Gasteiger partial charge in [0.1, 0.15) is 6.54 Å². The molecule has 110 valence electrons. The van der Waals surface area contributed by atoms with Crippen LogP contribution in [0.5, 0.6) is 17.2 Å². The van der Waals surface area contributed by atoms with Crippen LogP contribution in [0.1, 0.15) is 5.56 Å². The van der Waals surface area contributed by atoms with Crippen molar-refractivity contribution in [1.82, 2.24) is 16.1 Å². The Bertz CT molecular complexity index is 505. The second-order valence-corrected chi connectivity index (χ2v) is 3.84. The molecule has 9 heteroatoms. The van der Waals surface area contributed by atoms with Crippen LogP contribution >= 0.6 is 0 Å². The molecule has 1 aromatic carbocycles. The molecule has 0 unspecified atom stereocenters. The van der Waals surface area contributed by atoms with Crippen LogP contribution in [0.15, 0.2) is 12.1 Å². The number of nitrogens with one attached hydrogen (secondary N) is 3. The molecule has 0 atom stereocenters. The minimum absolute atomic E-state index is 0.129. The van der Waals surface area contributed by atoms with E-state index in [1.807, 2.05) is 0 Å². The normalized spacial score (nSPS) is 9.85. The molecule has 0 bridgehead atoms. The van der Waals surface area contributed by atoms with Gasteiger partial charge in [-0.2, -0.15) is 0 Å². The highest BCUT2D eigenvalue weighted by Crippen LogP contribution is 2.36. The van der Waals surface area contributed by atoms with Crippen molar-refractivity contribution in [2.45, 2.75) is 6.42 Å². The van der Waals surface area contributed by atoms with Crippen molar-refractivity contribution in [2.24, 2.45) is 0 Å². The first-order valence-electron chi connectivity index (χ1n) is 5.63. The Morgan fingerprint density at radius 1 is 1.05 bits per heavy atom. The molecule has 0 spiro atoms. The van der Waals surface area contributed by atoms with Crippen LogP contribution in [-0.4, -0.2) is 45.6 Å². The van der Waals surface area contributed by atoms with E-state index in [0.717, 1.165) is 0 Å². The van der Waals surface area contributed by atoms with Gasteiger partial charge in [-0.15, -0.1) is 0 Å². The SMILES string of the molecule is O=C(CNC(=O)NCCc1ccc(O)c(O)c1O)NO. The third-order valence-corrected chi connectivity index (χ3v) is 2.43. The maximum atomic E-state index is 11.2. The summed E-state index contributed by atoms with van der Waals surface area (Å²) in [4.78, 5) is 21.9. The van der Waals surface area contributed by atoms with Crippen molar-refractivity contribution >= 4 is 11.9 Å². The van der Waals surface area contributed by atoms with Crippen molar-refractivity contribution in [3.63, 3.8) is 0 Å². The molecule has 0 aromatic heterocycles. The highest BCUT2D eigenvalue weighted by Gasteiger charge is 2.11. The van der Waals surface area contributed by atoms with Crippen LogP contribution in [0, 0.1) is 0 Å².